The number of carbonyl (C=O) groups excluding carboxylic acids is 3. The van der Waals surface area contributed by atoms with Gasteiger partial charge in [0.2, 0.25) is 0 Å². The topological polar surface area (TPSA) is 103 Å². The van der Waals surface area contributed by atoms with Gasteiger partial charge in [-0.05, 0) is 55.5 Å². The van der Waals surface area contributed by atoms with Crippen LogP contribution in [0.4, 0.5) is 29.3 Å². The number of halogens is 3. The van der Waals surface area contributed by atoms with E-state index in [1.807, 2.05) is 0 Å². The number of amides is 2. The molecule has 182 valence electrons. The van der Waals surface area contributed by atoms with Crippen LogP contribution in [0.25, 0.3) is 5.69 Å². The Morgan fingerprint density at radius 1 is 1.09 bits per heavy atom. The molecule has 0 unspecified atom stereocenters. The number of hydrogen-bond donors (Lipinski definition) is 1. The summed E-state index contributed by atoms with van der Waals surface area (Å²) in [5, 5.41) is 6.36. The summed E-state index contributed by atoms with van der Waals surface area (Å²) >= 11 is 0. The second kappa shape index (κ2) is 9.49. The molecule has 2 heterocycles. The number of alkyl halides is 3. The van der Waals surface area contributed by atoms with Crippen molar-refractivity contribution < 1.29 is 37.0 Å². The first-order valence-corrected chi connectivity index (χ1v) is 10.5. The third-order valence-corrected chi connectivity index (χ3v) is 5.10. The SMILES string of the molecule is CCOC(=O)c1cnn(-c2ccc(NC(=O)c3ccc(N4CCOC4=O)cc3)cc2)c1C(F)(F)F. The predicted octanol–water partition coefficient (Wildman–Crippen LogP) is 4.28. The smallest absolute Gasteiger partial charge is 0.434 e. The highest BCUT2D eigenvalue weighted by molar-refractivity contribution is 6.04. The first-order valence-electron chi connectivity index (χ1n) is 10.5. The lowest BCUT2D eigenvalue weighted by Crippen LogP contribution is -2.23. The summed E-state index contributed by atoms with van der Waals surface area (Å²) in [5.41, 5.74) is -0.673. The molecule has 1 aliphatic rings. The Bertz CT molecular complexity index is 1250. The van der Waals surface area contributed by atoms with Crippen molar-refractivity contribution in [1.82, 2.24) is 9.78 Å². The monoisotopic (exact) mass is 488 g/mol. The van der Waals surface area contributed by atoms with Gasteiger partial charge in [0.15, 0.2) is 5.69 Å². The average molecular weight is 488 g/mol. The molecule has 12 heteroatoms. The van der Waals surface area contributed by atoms with Crippen molar-refractivity contribution in [3.63, 3.8) is 0 Å². The summed E-state index contributed by atoms with van der Waals surface area (Å²) < 4.78 is 51.2. The maximum Gasteiger partial charge on any atom is 0.434 e. The first-order chi connectivity index (χ1) is 16.7. The molecule has 1 N–H and O–H groups in total. The van der Waals surface area contributed by atoms with Crippen LogP contribution in [0.2, 0.25) is 0 Å². The molecule has 0 saturated carbocycles. The maximum absolute atomic E-state index is 13.7. The van der Waals surface area contributed by atoms with Crippen LogP contribution in [0.3, 0.4) is 0 Å². The highest BCUT2D eigenvalue weighted by Crippen LogP contribution is 2.34. The van der Waals surface area contributed by atoms with E-state index in [-0.39, 0.29) is 12.3 Å². The van der Waals surface area contributed by atoms with Crippen molar-refractivity contribution in [2.75, 3.05) is 30.0 Å². The molecule has 2 amide bonds. The number of carbonyl (C=O) groups is 3. The highest BCUT2D eigenvalue weighted by atomic mass is 19.4. The van der Waals surface area contributed by atoms with Gasteiger partial charge in [0.05, 0.1) is 25.0 Å². The fourth-order valence-electron chi connectivity index (χ4n) is 3.49. The number of anilines is 2. The zero-order valence-corrected chi connectivity index (χ0v) is 18.3. The Labute approximate surface area is 197 Å². The van der Waals surface area contributed by atoms with E-state index in [2.05, 4.69) is 10.4 Å². The molecule has 1 saturated heterocycles. The van der Waals surface area contributed by atoms with Crippen molar-refractivity contribution in [2.24, 2.45) is 0 Å². The summed E-state index contributed by atoms with van der Waals surface area (Å²) in [5.74, 6) is -1.57. The number of rotatable bonds is 6. The normalized spacial score (nSPS) is 13.5. The molecule has 4 rings (SSSR count). The molecule has 0 bridgehead atoms. The summed E-state index contributed by atoms with van der Waals surface area (Å²) in [6.07, 6.45) is -4.51. The van der Waals surface area contributed by atoms with E-state index in [0.717, 1.165) is 6.20 Å². The molecule has 1 aliphatic heterocycles. The van der Waals surface area contributed by atoms with Crippen LogP contribution in [0, 0.1) is 0 Å². The molecule has 1 fully saturated rings. The summed E-state index contributed by atoms with van der Waals surface area (Å²) in [4.78, 5) is 37.6. The molecule has 3 aromatic rings. The van der Waals surface area contributed by atoms with Crippen molar-refractivity contribution in [1.29, 1.82) is 0 Å². The fourth-order valence-corrected chi connectivity index (χ4v) is 3.49. The third-order valence-electron chi connectivity index (χ3n) is 5.10. The predicted molar refractivity (Wildman–Crippen MR) is 118 cm³/mol. The van der Waals surface area contributed by atoms with Gasteiger partial charge >= 0.3 is 18.2 Å². The average Bonchev–Trinajstić information content (AvgIpc) is 3.46. The minimum atomic E-state index is -4.86. The van der Waals surface area contributed by atoms with Crippen LogP contribution in [0.1, 0.15) is 33.3 Å². The lowest BCUT2D eigenvalue weighted by molar-refractivity contribution is -0.143. The van der Waals surface area contributed by atoms with Gasteiger partial charge in [-0.2, -0.15) is 18.3 Å². The zero-order chi connectivity index (χ0) is 25.2. The summed E-state index contributed by atoms with van der Waals surface area (Å²) in [6.45, 7) is 2.12. The number of aromatic nitrogens is 2. The van der Waals surface area contributed by atoms with Gasteiger partial charge < -0.3 is 14.8 Å². The van der Waals surface area contributed by atoms with Gasteiger partial charge in [0.1, 0.15) is 12.2 Å². The van der Waals surface area contributed by atoms with Crippen molar-refractivity contribution in [2.45, 2.75) is 13.1 Å². The lowest BCUT2D eigenvalue weighted by atomic mass is 10.1. The quantitative estimate of drug-likeness (QED) is 0.520. The second-order valence-corrected chi connectivity index (χ2v) is 7.35. The van der Waals surface area contributed by atoms with Gasteiger partial charge in [0, 0.05) is 16.9 Å². The number of esters is 1. The van der Waals surface area contributed by atoms with Crippen LogP contribution in [0.5, 0.6) is 0 Å². The van der Waals surface area contributed by atoms with Gasteiger partial charge in [-0.3, -0.25) is 9.69 Å². The van der Waals surface area contributed by atoms with Crippen molar-refractivity contribution in [3.05, 3.63) is 71.5 Å². The number of nitrogens with one attached hydrogen (secondary N) is 1. The number of benzene rings is 2. The number of nitrogens with zero attached hydrogens (tertiary/aromatic N) is 3. The van der Waals surface area contributed by atoms with E-state index >= 15 is 0 Å². The van der Waals surface area contributed by atoms with E-state index < -0.39 is 35.4 Å². The van der Waals surface area contributed by atoms with Crippen LogP contribution in [-0.2, 0) is 15.7 Å². The molecule has 1 aromatic heterocycles. The summed E-state index contributed by atoms with van der Waals surface area (Å²) in [6, 6.07) is 11.8. The van der Waals surface area contributed by atoms with E-state index in [4.69, 9.17) is 9.47 Å². The molecular formula is C23H19F3N4O5. The van der Waals surface area contributed by atoms with Gasteiger partial charge in [-0.25, -0.2) is 14.3 Å². The Morgan fingerprint density at radius 2 is 1.74 bits per heavy atom. The largest absolute Gasteiger partial charge is 0.462 e. The van der Waals surface area contributed by atoms with E-state index in [1.165, 1.54) is 36.1 Å². The molecule has 0 radical (unpaired) electrons. The third kappa shape index (κ3) is 4.95. The standard InChI is InChI=1S/C23H19F3N4O5/c1-2-34-21(32)18-13-27-30(19(18)23(24,25)26)17-9-5-15(6-10-17)28-20(31)14-3-7-16(8-4-14)29-11-12-35-22(29)33/h3-10,13H,2,11-12H2,1H3,(H,28,31). The Hall–Kier alpha value is -4.35. The number of hydrogen-bond acceptors (Lipinski definition) is 6. The summed E-state index contributed by atoms with van der Waals surface area (Å²) in [7, 11) is 0. The fraction of sp³-hybridized carbons (Fsp3) is 0.217. The van der Waals surface area contributed by atoms with Gasteiger partial charge in [-0.15, -0.1) is 0 Å². The lowest BCUT2D eigenvalue weighted by Gasteiger charge is -2.14. The van der Waals surface area contributed by atoms with Crippen LogP contribution < -0.4 is 10.2 Å². The molecule has 35 heavy (non-hydrogen) atoms. The number of cyclic esters (lactones) is 1. The Balaban J connectivity index is 1.50. The first kappa shape index (κ1) is 23.8. The molecule has 0 aliphatic carbocycles. The van der Waals surface area contributed by atoms with Crippen LogP contribution in [0.15, 0.2) is 54.7 Å². The maximum atomic E-state index is 13.7. The Morgan fingerprint density at radius 3 is 2.31 bits per heavy atom. The molecule has 0 spiro atoms. The minimum Gasteiger partial charge on any atom is -0.462 e. The highest BCUT2D eigenvalue weighted by Gasteiger charge is 2.41. The molecule has 2 aromatic carbocycles. The Kier molecular flexibility index (Phi) is 6.45. The van der Waals surface area contributed by atoms with Crippen LogP contribution >= 0.6 is 0 Å². The van der Waals surface area contributed by atoms with E-state index in [9.17, 15) is 27.6 Å². The molecule has 0 atom stereocenters. The molecular weight excluding hydrogens is 469 g/mol. The minimum absolute atomic E-state index is 0.0349. The zero-order valence-electron chi connectivity index (χ0n) is 18.3. The number of ether oxygens (including phenoxy) is 2. The molecule has 9 nitrogen and oxygen atoms in total. The van der Waals surface area contributed by atoms with Gasteiger partial charge in [-0.1, -0.05) is 0 Å². The van der Waals surface area contributed by atoms with E-state index in [0.29, 0.717) is 34.8 Å². The van der Waals surface area contributed by atoms with Crippen molar-refractivity contribution >= 4 is 29.3 Å². The second-order valence-electron chi connectivity index (χ2n) is 7.35. The van der Waals surface area contributed by atoms with Gasteiger partial charge in [0.25, 0.3) is 5.91 Å². The van der Waals surface area contributed by atoms with Crippen LogP contribution in [-0.4, -0.2) is 47.5 Å². The van der Waals surface area contributed by atoms with E-state index in [1.54, 1.807) is 24.3 Å². The van der Waals surface area contributed by atoms with Crippen molar-refractivity contribution in [3.8, 4) is 5.69 Å².